The zero-order valence-electron chi connectivity index (χ0n) is 12.3. The molecule has 0 saturated heterocycles. The molecule has 2 rings (SSSR count). The minimum Gasteiger partial charge on any atom is -0.301 e. The summed E-state index contributed by atoms with van der Waals surface area (Å²) in [4.78, 5) is 11.9. The Kier molecular flexibility index (Phi) is 6.34. The summed E-state index contributed by atoms with van der Waals surface area (Å²) in [6, 6.07) is 10.0. The second-order valence-electron chi connectivity index (χ2n) is 4.99. The number of carbonyl (C=O) groups excluding carboxylic acids is 1. The molecule has 0 saturated carbocycles. The molecule has 0 aliphatic rings. The van der Waals surface area contributed by atoms with Gasteiger partial charge in [0.15, 0.2) is 0 Å². The van der Waals surface area contributed by atoms with Gasteiger partial charge in [0.2, 0.25) is 11.0 Å². The molecule has 1 amide bonds. The lowest BCUT2D eigenvalue weighted by Crippen LogP contribution is -2.12. The van der Waals surface area contributed by atoms with Gasteiger partial charge in [-0.3, -0.25) is 4.79 Å². The highest BCUT2D eigenvalue weighted by atomic mass is 32.1. The van der Waals surface area contributed by atoms with Crippen LogP contribution in [0.25, 0.3) is 0 Å². The van der Waals surface area contributed by atoms with Crippen molar-refractivity contribution in [3.05, 3.63) is 40.9 Å². The molecule has 4 nitrogen and oxygen atoms in total. The number of nitrogens with zero attached hydrogens (tertiary/aromatic N) is 2. The second kappa shape index (κ2) is 8.52. The summed E-state index contributed by atoms with van der Waals surface area (Å²) in [6.07, 6.45) is 5.70. The van der Waals surface area contributed by atoms with Crippen LogP contribution in [0.3, 0.4) is 0 Å². The van der Waals surface area contributed by atoms with E-state index in [-0.39, 0.29) is 5.91 Å². The van der Waals surface area contributed by atoms with E-state index in [1.54, 1.807) is 0 Å². The summed E-state index contributed by atoms with van der Waals surface area (Å²) >= 11 is 1.48. The minimum absolute atomic E-state index is 0.00453. The molecule has 0 spiro atoms. The van der Waals surface area contributed by atoms with Crippen LogP contribution in [0.4, 0.5) is 5.13 Å². The Labute approximate surface area is 129 Å². The molecule has 0 atom stereocenters. The van der Waals surface area contributed by atoms with Crippen LogP contribution in [0.2, 0.25) is 0 Å². The number of unbranched alkanes of at least 4 members (excludes halogenated alkanes) is 2. The highest BCUT2D eigenvalue weighted by Gasteiger charge is 2.08. The van der Waals surface area contributed by atoms with E-state index in [1.165, 1.54) is 29.7 Å². The first kappa shape index (κ1) is 15.6. The fraction of sp³-hybridized carbons (Fsp3) is 0.438. The number of carbonyl (C=O) groups is 1. The largest absolute Gasteiger partial charge is 0.301 e. The number of aromatic nitrogens is 2. The van der Waals surface area contributed by atoms with Crippen LogP contribution in [0.1, 0.15) is 43.2 Å². The summed E-state index contributed by atoms with van der Waals surface area (Å²) in [5.74, 6) is -0.00453. The molecular formula is C16H21N3OS. The Balaban J connectivity index is 1.75. The number of benzene rings is 1. The van der Waals surface area contributed by atoms with Gasteiger partial charge in [0.05, 0.1) is 0 Å². The molecule has 0 bridgehead atoms. The summed E-state index contributed by atoms with van der Waals surface area (Å²) in [7, 11) is 0. The average Bonchev–Trinajstić information content (AvgIpc) is 2.94. The SMILES string of the molecule is CCCCCc1nnc(NC(=O)CCc2ccccc2)s1. The predicted octanol–water partition coefficient (Wildman–Crippen LogP) is 3.84. The smallest absolute Gasteiger partial charge is 0.226 e. The third-order valence-corrected chi connectivity index (χ3v) is 4.09. The van der Waals surface area contributed by atoms with Crippen LogP contribution in [-0.4, -0.2) is 16.1 Å². The van der Waals surface area contributed by atoms with Gasteiger partial charge in [-0.25, -0.2) is 0 Å². The van der Waals surface area contributed by atoms with Crippen LogP contribution in [0, 0.1) is 0 Å². The molecule has 1 heterocycles. The van der Waals surface area contributed by atoms with Crippen molar-refractivity contribution in [2.75, 3.05) is 5.32 Å². The van der Waals surface area contributed by atoms with E-state index in [4.69, 9.17) is 0 Å². The first-order valence-corrected chi connectivity index (χ1v) is 8.25. The number of anilines is 1. The molecule has 112 valence electrons. The van der Waals surface area contributed by atoms with E-state index in [0.29, 0.717) is 11.6 Å². The van der Waals surface area contributed by atoms with Gasteiger partial charge in [-0.1, -0.05) is 61.4 Å². The predicted molar refractivity (Wildman–Crippen MR) is 86.5 cm³/mol. The summed E-state index contributed by atoms with van der Waals surface area (Å²) < 4.78 is 0. The summed E-state index contributed by atoms with van der Waals surface area (Å²) in [5, 5.41) is 12.6. The highest BCUT2D eigenvalue weighted by Crippen LogP contribution is 2.17. The number of hydrogen-bond acceptors (Lipinski definition) is 4. The van der Waals surface area contributed by atoms with Gasteiger partial charge in [0.1, 0.15) is 5.01 Å². The third-order valence-electron chi connectivity index (χ3n) is 3.19. The highest BCUT2D eigenvalue weighted by molar-refractivity contribution is 7.15. The van der Waals surface area contributed by atoms with E-state index in [1.807, 2.05) is 30.3 Å². The summed E-state index contributed by atoms with van der Waals surface area (Å²) in [6.45, 7) is 2.18. The minimum atomic E-state index is -0.00453. The van der Waals surface area contributed by atoms with Crippen LogP contribution >= 0.6 is 11.3 Å². The monoisotopic (exact) mass is 303 g/mol. The van der Waals surface area contributed by atoms with Gasteiger partial charge in [0.25, 0.3) is 0 Å². The maximum absolute atomic E-state index is 11.9. The standard InChI is InChI=1S/C16H21N3OS/c1-2-3-5-10-15-18-19-16(21-15)17-14(20)12-11-13-8-6-4-7-9-13/h4,6-9H,2-3,5,10-12H2,1H3,(H,17,19,20). The Bertz CT molecular complexity index is 554. The van der Waals surface area contributed by atoms with Gasteiger partial charge in [0, 0.05) is 12.8 Å². The lowest BCUT2D eigenvalue weighted by Gasteiger charge is -2.01. The number of amides is 1. The van der Waals surface area contributed by atoms with Gasteiger partial charge in [-0.05, 0) is 18.4 Å². The number of aryl methyl sites for hydroxylation is 2. The maximum atomic E-state index is 11.9. The lowest BCUT2D eigenvalue weighted by atomic mass is 10.1. The molecule has 0 fully saturated rings. The quantitative estimate of drug-likeness (QED) is 0.754. The lowest BCUT2D eigenvalue weighted by molar-refractivity contribution is -0.116. The average molecular weight is 303 g/mol. The zero-order chi connectivity index (χ0) is 14.9. The van der Waals surface area contributed by atoms with E-state index in [0.717, 1.165) is 24.3 Å². The van der Waals surface area contributed by atoms with E-state index in [9.17, 15) is 4.79 Å². The Morgan fingerprint density at radius 3 is 2.71 bits per heavy atom. The van der Waals surface area contributed by atoms with Crippen molar-refractivity contribution in [2.24, 2.45) is 0 Å². The molecule has 5 heteroatoms. The van der Waals surface area contributed by atoms with Crippen LogP contribution in [-0.2, 0) is 17.6 Å². The van der Waals surface area contributed by atoms with Crippen LogP contribution < -0.4 is 5.32 Å². The number of nitrogens with one attached hydrogen (secondary N) is 1. The first-order valence-electron chi connectivity index (χ1n) is 7.44. The van der Waals surface area contributed by atoms with Crippen molar-refractivity contribution in [1.82, 2.24) is 10.2 Å². The fourth-order valence-corrected chi connectivity index (χ4v) is 2.81. The van der Waals surface area contributed by atoms with Gasteiger partial charge < -0.3 is 5.32 Å². The Morgan fingerprint density at radius 1 is 1.14 bits per heavy atom. The molecule has 0 radical (unpaired) electrons. The van der Waals surface area contributed by atoms with Crippen LogP contribution in [0.5, 0.6) is 0 Å². The molecular weight excluding hydrogens is 282 g/mol. The topological polar surface area (TPSA) is 54.9 Å². The molecule has 1 aromatic carbocycles. The summed E-state index contributed by atoms with van der Waals surface area (Å²) in [5.41, 5.74) is 1.17. The van der Waals surface area contributed by atoms with Crippen molar-refractivity contribution >= 4 is 22.4 Å². The van der Waals surface area contributed by atoms with Gasteiger partial charge in [-0.15, -0.1) is 10.2 Å². The fourth-order valence-electron chi connectivity index (χ4n) is 2.02. The molecule has 1 N–H and O–H groups in total. The van der Waals surface area contributed by atoms with Gasteiger partial charge >= 0.3 is 0 Å². The van der Waals surface area contributed by atoms with E-state index < -0.39 is 0 Å². The van der Waals surface area contributed by atoms with E-state index in [2.05, 4.69) is 22.4 Å². The van der Waals surface area contributed by atoms with Gasteiger partial charge in [-0.2, -0.15) is 0 Å². The van der Waals surface area contributed by atoms with Crippen molar-refractivity contribution in [3.8, 4) is 0 Å². The number of hydrogen-bond donors (Lipinski definition) is 1. The van der Waals surface area contributed by atoms with Crippen LogP contribution in [0.15, 0.2) is 30.3 Å². The van der Waals surface area contributed by atoms with Crippen molar-refractivity contribution in [3.63, 3.8) is 0 Å². The molecule has 2 aromatic rings. The molecule has 21 heavy (non-hydrogen) atoms. The normalized spacial score (nSPS) is 10.5. The number of rotatable bonds is 8. The molecule has 0 aliphatic heterocycles. The Hall–Kier alpha value is -1.75. The maximum Gasteiger partial charge on any atom is 0.226 e. The van der Waals surface area contributed by atoms with Crippen molar-refractivity contribution in [2.45, 2.75) is 45.4 Å². The Morgan fingerprint density at radius 2 is 1.95 bits per heavy atom. The molecule has 1 aromatic heterocycles. The third kappa shape index (κ3) is 5.63. The van der Waals surface area contributed by atoms with Crippen molar-refractivity contribution in [1.29, 1.82) is 0 Å². The molecule has 0 unspecified atom stereocenters. The second-order valence-corrected chi connectivity index (χ2v) is 6.05. The zero-order valence-corrected chi connectivity index (χ0v) is 13.2. The van der Waals surface area contributed by atoms with E-state index >= 15 is 0 Å². The first-order chi connectivity index (χ1) is 10.3. The molecule has 0 aliphatic carbocycles. The van der Waals surface area contributed by atoms with Crippen molar-refractivity contribution < 1.29 is 4.79 Å².